The van der Waals surface area contributed by atoms with Crippen molar-refractivity contribution in [3.05, 3.63) is 12.2 Å². The quantitative estimate of drug-likeness (QED) is 0.0261. The molecule has 9 nitrogen and oxygen atoms in total. The zero-order valence-electron chi connectivity index (χ0n) is 41.4. The fourth-order valence-electron chi connectivity index (χ4n) is 8.98. The average molecular weight is 896 g/mol. The number of hydrogen-bond acceptors (Lipinski definition) is 8. The monoisotopic (exact) mass is 896 g/mol. The van der Waals surface area contributed by atoms with Gasteiger partial charge >= 0.3 is 0 Å². The number of amides is 1. The van der Waals surface area contributed by atoms with E-state index in [1.807, 2.05) is 6.08 Å². The van der Waals surface area contributed by atoms with E-state index in [0.717, 1.165) is 38.5 Å². The van der Waals surface area contributed by atoms with E-state index < -0.39 is 49.5 Å². The summed E-state index contributed by atoms with van der Waals surface area (Å²) in [5.41, 5.74) is 0. The van der Waals surface area contributed by atoms with E-state index in [0.29, 0.717) is 6.42 Å². The lowest BCUT2D eigenvalue weighted by atomic mass is 9.99. The third-order valence-electron chi connectivity index (χ3n) is 13.4. The number of carbonyl (C=O) groups is 1. The van der Waals surface area contributed by atoms with Crippen molar-refractivity contribution in [2.75, 3.05) is 13.2 Å². The van der Waals surface area contributed by atoms with Crippen LogP contribution in [0.1, 0.15) is 271 Å². The van der Waals surface area contributed by atoms with Crippen molar-refractivity contribution in [3.8, 4) is 0 Å². The van der Waals surface area contributed by atoms with Crippen LogP contribution in [-0.2, 0) is 14.3 Å². The van der Waals surface area contributed by atoms with E-state index in [1.165, 1.54) is 212 Å². The Morgan fingerprint density at radius 3 is 1.24 bits per heavy atom. The highest BCUT2D eigenvalue weighted by molar-refractivity contribution is 5.76. The first kappa shape index (κ1) is 59.9. The lowest BCUT2D eigenvalue weighted by molar-refractivity contribution is -0.302. The van der Waals surface area contributed by atoms with Gasteiger partial charge in [0.25, 0.3) is 0 Å². The van der Waals surface area contributed by atoms with Gasteiger partial charge in [0.15, 0.2) is 6.29 Å². The van der Waals surface area contributed by atoms with Gasteiger partial charge in [-0.2, -0.15) is 0 Å². The SMILES string of the molecule is CCCCCCC/C=C/C(O)C(COC1OC(CO)C(O)C(O)C1O)NC(=O)CCCCCCCCCCCCCCCCCCCCCCCCCCCCCCCCCCC. The Balaban J connectivity index is 2.01. The van der Waals surface area contributed by atoms with Crippen LogP contribution in [0.15, 0.2) is 12.2 Å². The molecule has 0 aromatic rings. The number of ether oxygens (including phenoxy) is 2. The van der Waals surface area contributed by atoms with E-state index in [2.05, 4.69) is 19.2 Å². The molecule has 1 rings (SSSR count). The van der Waals surface area contributed by atoms with Crippen molar-refractivity contribution in [2.24, 2.45) is 0 Å². The Morgan fingerprint density at radius 1 is 0.524 bits per heavy atom. The van der Waals surface area contributed by atoms with Crippen LogP contribution in [0, 0.1) is 0 Å². The van der Waals surface area contributed by atoms with Crippen molar-refractivity contribution >= 4 is 5.91 Å². The molecule has 7 atom stereocenters. The Hall–Kier alpha value is -1.07. The zero-order chi connectivity index (χ0) is 45.9. The summed E-state index contributed by atoms with van der Waals surface area (Å²) in [6, 6.07) is -0.797. The Bertz CT molecular complexity index is 997. The van der Waals surface area contributed by atoms with Crippen LogP contribution >= 0.6 is 0 Å². The van der Waals surface area contributed by atoms with Crippen molar-refractivity contribution < 1.29 is 39.8 Å². The zero-order valence-corrected chi connectivity index (χ0v) is 41.4. The molecule has 1 heterocycles. The second-order valence-electron chi connectivity index (χ2n) is 19.4. The predicted molar refractivity (Wildman–Crippen MR) is 263 cm³/mol. The molecular formula is C54H105NO8. The van der Waals surface area contributed by atoms with Gasteiger partial charge in [0.2, 0.25) is 5.91 Å². The first-order valence-electron chi connectivity index (χ1n) is 27.4. The molecule has 0 aromatic heterocycles. The fraction of sp³-hybridized carbons (Fsp3) is 0.944. The number of unbranched alkanes of at least 4 members (excludes halogenated alkanes) is 37. The minimum atomic E-state index is -1.56. The summed E-state index contributed by atoms with van der Waals surface area (Å²) in [6.45, 7) is 3.74. The van der Waals surface area contributed by atoms with Crippen molar-refractivity contribution in [1.29, 1.82) is 0 Å². The van der Waals surface area contributed by atoms with Gasteiger partial charge in [-0.05, 0) is 19.3 Å². The van der Waals surface area contributed by atoms with Crippen molar-refractivity contribution in [2.45, 2.75) is 314 Å². The molecule has 1 fully saturated rings. The minimum Gasteiger partial charge on any atom is -0.394 e. The van der Waals surface area contributed by atoms with E-state index in [1.54, 1.807) is 6.08 Å². The number of allylic oxidation sites excluding steroid dienone is 1. The van der Waals surface area contributed by atoms with Crippen molar-refractivity contribution in [1.82, 2.24) is 5.32 Å². The molecule has 0 aliphatic carbocycles. The van der Waals surface area contributed by atoms with Gasteiger partial charge < -0.3 is 40.3 Å². The van der Waals surface area contributed by atoms with E-state index >= 15 is 0 Å². The molecule has 1 aliphatic heterocycles. The molecule has 0 radical (unpaired) electrons. The lowest BCUT2D eigenvalue weighted by Crippen LogP contribution is -2.60. The Kier molecular flexibility index (Phi) is 42.6. The second-order valence-corrected chi connectivity index (χ2v) is 19.4. The van der Waals surface area contributed by atoms with Gasteiger partial charge in [0.1, 0.15) is 24.4 Å². The molecule has 7 unspecified atom stereocenters. The average Bonchev–Trinajstić information content (AvgIpc) is 3.28. The van der Waals surface area contributed by atoms with Crippen LogP contribution in [-0.4, -0.2) is 87.5 Å². The number of carbonyl (C=O) groups excluding carboxylic acids is 1. The molecule has 6 N–H and O–H groups in total. The molecule has 0 saturated carbocycles. The first-order chi connectivity index (χ1) is 30.8. The number of hydrogen-bond donors (Lipinski definition) is 6. The highest BCUT2D eigenvalue weighted by Crippen LogP contribution is 2.23. The van der Waals surface area contributed by atoms with E-state index in [-0.39, 0.29) is 12.5 Å². The number of nitrogens with one attached hydrogen (secondary N) is 1. The van der Waals surface area contributed by atoms with Gasteiger partial charge in [0, 0.05) is 6.42 Å². The molecule has 0 spiro atoms. The molecule has 1 aliphatic rings. The molecule has 0 aromatic carbocycles. The largest absolute Gasteiger partial charge is 0.394 e. The normalized spacial score (nSPS) is 20.1. The third kappa shape index (κ3) is 34.8. The summed E-state index contributed by atoms with van der Waals surface area (Å²) in [7, 11) is 0. The predicted octanol–water partition coefficient (Wildman–Crippen LogP) is 12.8. The Morgan fingerprint density at radius 2 is 0.873 bits per heavy atom. The molecule has 0 bridgehead atoms. The van der Waals surface area contributed by atoms with Gasteiger partial charge in [-0.15, -0.1) is 0 Å². The molecule has 63 heavy (non-hydrogen) atoms. The molecule has 1 amide bonds. The number of rotatable bonds is 47. The van der Waals surface area contributed by atoms with Crippen LogP contribution in [0.5, 0.6) is 0 Å². The summed E-state index contributed by atoms with van der Waals surface area (Å²) in [5, 5.41) is 54.0. The third-order valence-corrected chi connectivity index (χ3v) is 13.4. The summed E-state index contributed by atoms with van der Waals surface area (Å²) in [5.74, 6) is -0.176. The molecule has 374 valence electrons. The molecule has 1 saturated heterocycles. The van der Waals surface area contributed by atoms with Gasteiger partial charge in [-0.25, -0.2) is 0 Å². The Labute approximate surface area is 388 Å². The lowest BCUT2D eigenvalue weighted by Gasteiger charge is -2.40. The smallest absolute Gasteiger partial charge is 0.220 e. The second kappa shape index (κ2) is 44.7. The standard InChI is InChI=1S/C54H105NO8/c1-3-5-7-9-11-12-13-14-15-16-17-18-19-20-21-22-23-24-25-26-27-28-29-30-31-32-33-34-35-36-38-40-42-44-50(58)55-47(48(57)43-41-39-37-10-8-6-4-2)46-62-54-53(61)52(60)51(59)49(45-56)63-54/h41,43,47-49,51-54,56-57,59-61H,3-40,42,44-46H2,1-2H3,(H,55,58)/b43-41+. The summed E-state index contributed by atoms with van der Waals surface area (Å²) in [4.78, 5) is 12.9. The van der Waals surface area contributed by atoms with Gasteiger partial charge in [-0.3, -0.25) is 4.79 Å². The maximum Gasteiger partial charge on any atom is 0.220 e. The van der Waals surface area contributed by atoms with Gasteiger partial charge in [-0.1, -0.05) is 257 Å². The van der Waals surface area contributed by atoms with Crippen LogP contribution < -0.4 is 5.32 Å². The maximum atomic E-state index is 12.9. The topological polar surface area (TPSA) is 149 Å². The van der Waals surface area contributed by atoms with Gasteiger partial charge in [0.05, 0.1) is 25.4 Å². The minimum absolute atomic E-state index is 0.176. The number of aliphatic hydroxyl groups excluding tert-OH is 5. The summed E-state index contributed by atoms with van der Waals surface area (Å²) in [6.07, 6.45) is 47.7. The summed E-state index contributed by atoms with van der Waals surface area (Å²) < 4.78 is 11.2. The molecular weight excluding hydrogens is 791 g/mol. The van der Waals surface area contributed by atoms with Crippen LogP contribution in [0.25, 0.3) is 0 Å². The van der Waals surface area contributed by atoms with E-state index in [4.69, 9.17) is 9.47 Å². The fourth-order valence-corrected chi connectivity index (χ4v) is 8.98. The van der Waals surface area contributed by atoms with Crippen LogP contribution in [0.3, 0.4) is 0 Å². The van der Waals surface area contributed by atoms with Crippen molar-refractivity contribution in [3.63, 3.8) is 0 Å². The number of aliphatic hydroxyl groups is 5. The highest BCUT2D eigenvalue weighted by Gasteiger charge is 2.44. The molecule has 9 heteroatoms. The maximum absolute atomic E-state index is 12.9. The van der Waals surface area contributed by atoms with Crippen LogP contribution in [0.4, 0.5) is 0 Å². The first-order valence-corrected chi connectivity index (χ1v) is 27.4. The summed E-state index contributed by atoms with van der Waals surface area (Å²) >= 11 is 0. The van der Waals surface area contributed by atoms with E-state index in [9.17, 15) is 30.3 Å². The van der Waals surface area contributed by atoms with Crippen LogP contribution in [0.2, 0.25) is 0 Å². The highest BCUT2D eigenvalue weighted by atomic mass is 16.7.